The van der Waals surface area contributed by atoms with Crippen molar-refractivity contribution in [2.45, 2.75) is 24.2 Å². The van der Waals surface area contributed by atoms with Crippen LogP contribution in [0.4, 0.5) is 5.69 Å². The van der Waals surface area contributed by atoms with E-state index in [4.69, 9.17) is 11.2 Å². The highest BCUT2D eigenvalue weighted by molar-refractivity contribution is 7.89. The summed E-state index contributed by atoms with van der Waals surface area (Å²) in [6, 6.07) is 3.49. The van der Waals surface area contributed by atoms with Crippen LogP contribution in [0.2, 0.25) is 0 Å². The van der Waals surface area contributed by atoms with E-state index in [1.807, 2.05) is 0 Å². The lowest BCUT2D eigenvalue weighted by atomic mass is 10.2. The van der Waals surface area contributed by atoms with Gasteiger partial charge in [0.05, 0.1) is 16.9 Å². The second-order valence-electron chi connectivity index (χ2n) is 4.15. The molecule has 0 saturated carbocycles. The Balaban J connectivity index is 2.86. The quantitative estimate of drug-likeness (QED) is 0.341. The zero-order valence-corrected chi connectivity index (χ0v) is 12.4. The van der Waals surface area contributed by atoms with Gasteiger partial charge in [0.1, 0.15) is 0 Å². The molecular weight excluding hydrogens is 296 g/mol. The molecule has 1 aromatic carbocycles. The van der Waals surface area contributed by atoms with Gasteiger partial charge < -0.3 is 4.74 Å². The van der Waals surface area contributed by atoms with Gasteiger partial charge in [-0.15, -0.1) is 12.3 Å². The number of nitro groups is 1. The Morgan fingerprint density at radius 3 is 2.71 bits per heavy atom. The molecule has 21 heavy (non-hydrogen) atoms. The second-order valence-corrected chi connectivity index (χ2v) is 5.92. The fraction of sp³-hybridized carbons (Fsp3) is 0.385. The first-order chi connectivity index (χ1) is 9.92. The van der Waals surface area contributed by atoms with Gasteiger partial charge in [-0.2, -0.15) is 0 Å². The molecule has 0 aliphatic rings. The van der Waals surface area contributed by atoms with E-state index in [9.17, 15) is 18.5 Å². The van der Waals surface area contributed by atoms with Crippen LogP contribution in [0.25, 0.3) is 0 Å². The number of ether oxygens (including phenoxy) is 1. The van der Waals surface area contributed by atoms with Crippen LogP contribution in [0.5, 0.6) is 5.75 Å². The Hall–Kier alpha value is -2.11. The minimum absolute atomic E-state index is 0.00738. The van der Waals surface area contributed by atoms with Gasteiger partial charge in [-0.3, -0.25) is 10.1 Å². The lowest BCUT2D eigenvalue weighted by molar-refractivity contribution is -0.386. The summed E-state index contributed by atoms with van der Waals surface area (Å²) in [5.74, 6) is 2.47. The first kappa shape index (κ1) is 16.9. The van der Waals surface area contributed by atoms with Crippen molar-refractivity contribution in [3.8, 4) is 18.1 Å². The number of terminal acetylenes is 1. The molecular formula is C13H16N2O5S. The van der Waals surface area contributed by atoms with Gasteiger partial charge in [-0.1, -0.05) is 0 Å². The number of hydrogen-bond acceptors (Lipinski definition) is 5. The molecule has 0 unspecified atom stereocenters. The van der Waals surface area contributed by atoms with Gasteiger partial charge >= 0.3 is 5.69 Å². The van der Waals surface area contributed by atoms with Gasteiger partial charge in [-0.25, -0.2) is 13.1 Å². The van der Waals surface area contributed by atoms with E-state index in [0.717, 1.165) is 6.07 Å². The second kappa shape index (κ2) is 7.61. The smallest absolute Gasteiger partial charge is 0.312 e. The Bertz CT molecular complexity index is 649. The monoisotopic (exact) mass is 312 g/mol. The van der Waals surface area contributed by atoms with Crippen LogP contribution in [-0.4, -0.2) is 27.0 Å². The van der Waals surface area contributed by atoms with Crippen LogP contribution >= 0.6 is 0 Å². The van der Waals surface area contributed by atoms with E-state index in [1.54, 1.807) is 0 Å². The van der Waals surface area contributed by atoms with Crippen molar-refractivity contribution < 1.29 is 18.1 Å². The van der Waals surface area contributed by atoms with Crippen LogP contribution in [0, 0.1) is 22.5 Å². The Morgan fingerprint density at radius 1 is 1.43 bits per heavy atom. The molecule has 8 heteroatoms. The van der Waals surface area contributed by atoms with E-state index in [2.05, 4.69) is 10.6 Å². The molecule has 0 bridgehead atoms. The predicted octanol–water partition coefficient (Wildman–Crippen LogP) is 1.69. The highest BCUT2D eigenvalue weighted by atomic mass is 32.2. The maximum atomic E-state index is 12.0. The number of sulfonamides is 1. The summed E-state index contributed by atoms with van der Waals surface area (Å²) in [7, 11) is -2.51. The number of methoxy groups -OCH3 is 1. The van der Waals surface area contributed by atoms with Crippen molar-refractivity contribution >= 4 is 15.7 Å². The molecule has 1 N–H and O–H groups in total. The number of nitrogens with one attached hydrogen (secondary N) is 1. The molecule has 0 spiro atoms. The maximum absolute atomic E-state index is 12.0. The van der Waals surface area contributed by atoms with Crippen LogP contribution in [0.15, 0.2) is 23.1 Å². The maximum Gasteiger partial charge on any atom is 0.312 e. The van der Waals surface area contributed by atoms with Crippen LogP contribution < -0.4 is 9.46 Å². The number of benzene rings is 1. The zero-order chi connectivity index (χ0) is 15.9. The average Bonchev–Trinajstić information content (AvgIpc) is 2.46. The van der Waals surface area contributed by atoms with Gasteiger partial charge in [-0.05, 0) is 25.0 Å². The van der Waals surface area contributed by atoms with Crippen molar-refractivity contribution in [1.29, 1.82) is 0 Å². The summed E-state index contributed by atoms with van der Waals surface area (Å²) < 4.78 is 31.3. The minimum atomic E-state index is -3.79. The van der Waals surface area contributed by atoms with Gasteiger partial charge in [0.15, 0.2) is 5.75 Å². The molecule has 0 saturated heterocycles. The molecule has 0 heterocycles. The molecule has 7 nitrogen and oxygen atoms in total. The third kappa shape index (κ3) is 4.73. The van der Waals surface area contributed by atoms with E-state index in [1.165, 1.54) is 19.2 Å². The van der Waals surface area contributed by atoms with E-state index >= 15 is 0 Å². The number of hydrogen-bond donors (Lipinski definition) is 1. The van der Waals surface area contributed by atoms with Crippen LogP contribution in [-0.2, 0) is 10.0 Å². The summed E-state index contributed by atoms with van der Waals surface area (Å²) in [6.07, 6.45) is 6.98. The highest BCUT2D eigenvalue weighted by Crippen LogP contribution is 2.29. The van der Waals surface area contributed by atoms with Crippen molar-refractivity contribution in [2.75, 3.05) is 13.7 Å². The van der Waals surface area contributed by atoms with Gasteiger partial charge in [0.2, 0.25) is 10.0 Å². The Morgan fingerprint density at radius 2 is 2.14 bits per heavy atom. The number of nitrogens with zero attached hydrogens (tertiary/aromatic N) is 1. The van der Waals surface area contributed by atoms with Crippen LogP contribution in [0.1, 0.15) is 19.3 Å². The standard InChI is InChI=1S/C13H16N2O5S/c1-3-4-5-6-9-14-21(18,19)11-7-8-13(20-2)12(10-11)15(16)17/h1,7-8,10,14H,4-6,9H2,2H3. The van der Waals surface area contributed by atoms with Gasteiger partial charge in [0, 0.05) is 19.0 Å². The average molecular weight is 312 g/mol. The molecule has 0 fully saturated rings. The van der Waals surface area contributed by atoms with Crippen LogP contribution in [0.3, 0.4) is 0 Å². The Kier molecular flexibility index (Phi) is 6.14. The highest BCUT2D eigenvalue weighted by Gasteiger charge is 2.21. The van der Waals surface area contributed by atoms with Crippen molar-refractivity contribution in [2.24, 2.45) is 0 Å². The molecule has 0 atom stereocenters. The summed E-state index contributed by atoms with van der Waals surface area (Å²) in [5, 5.41) is 10.9. The SMILES string of the molecule is C#CCCCCNS(=O)(=O)c1ccc(OC)c([N+](=O)[O-])c1. The van der Waals surface area contributed by atoms with Crippen molar-refractivity contribution in [3.05, 3.63) is 28.3 Å². The van der Waals surface area contributed by atoms with E-state index < -0.39 is 20.6 Å². The zero-order valence-electron chi connectivity index (χ0n) is 11.5. The molecule has 0 amide bonds. The van der Waals surface area contributed by atoms with E-state index in [0.29, 0.717) is 19.3 Å². The molecule has 0 aliphatic heterocycles. The first-order valence-corrected chi connectivity index (χ1v) is 7.66. The molecule has 1 rings (SSSR count). The summed E-state index contributed by atoms with van der Waals surface area (Å²) in [4.78, 5) is 10.0. The third-order valence-electron chi connectivity index (χ3n) is 2.70. The summed E-state index contributed by atoms with van der Waals surface area (Å²) in [5.41, 5.74) is -0.396. The molecule has 0 radical (unpaired) electrons. The molecule has 0 aromatic heterocycles. The lowest BCUT2D eigenvalue weighted by Crippen LogP contribution is -2.24. The topological polar surface area (TPSA) is 98.5 Å². The molecule has 0 aliphatic carbocycles. The predicted molar refractivity (Wildman–Crippen MR) is 77.5 cm³/mol. The number of nitro benzene ring substituents is 1. The van der Waals surface area contributed by atoms with Crippen molar-refractivity contribution in [1.82, 2.24) is 4.72 Å². The molecule has 114 valence electrons. The fourth-order valence-corrected chi connectivity index (χ4v) is 2.72. The minimum Gasteiger partial charge on any atom is -0.490 e. The fourth-order valence-electron chi connectivity index (χ4n) is 1.62. The number of unbranched alkanes of at least 4 members (excludes halogenated alkanes) is 2. The molecule has 1 aromatic rings. The first-order valence-electron chi connectivity index (χ1n) is 6.18. The van der Waals surface area contributed by atoms with Gasteiger partial charge in [0.25, 0.3) is 0 Å². The third-order valence-corrected chi connectivity index (χ3v) is 4.16. The largest absolute Gasteiger partial charge is 0.490 e. The van der Waals surface area contributed by atoms with Crippen molar-refractivity contribution in [3.63, 3.8) is 0 Å². The van der Waals surface area contributed by atoms with E-state index in [-0.39, 0.29) is 17.2 Å². The summed E-state index contributed by atoms with van der Waals surface area (Å²) >= 11 is 0. The summed E-state index contributed by atoms with van der Waals surface area (Å²) in [6.45, 7) is 0.226. The Labute approximate surface area is 123 Å². The number of rotatable bonds is 8. The normalized spacial score (nSPS) is 10.9. The lowest BCUT2D eigenvalue weighted by Gasteiger charge is -2.07.